The van der Waals surface area contributed by atoms with Crippen LogP contribution in [0.2, 0.25) is 0 Å². The summed E-state index contributed by atoms with van der Waals surface area (Å²) in [6, 6.07) is 2.67. The maximum absolute atomic E-state index is 12.5. The molecule has 1 saturated heterocycles. The molecule has 1 fully saturated rings. The number of rotatable bonds is 5. The average molecular weight is 281 g/mol. The van der Waals surface area contributed by atoms with Gasteiger partial charge in [-0.1, -0.05) is 0 Å². The van der Waals surface area contributed by atoms with Crippen LogP contribution in [0.3, 0.4) is 0 Å². The maximum Gasteiger partial charge on any atom is 0.327 e. The van der Waals surface area contributed by atoms with Gasteiger partial charge in [0.15, 0.2) is 0 Å². The predicted octanol–water partition coefficient (Wildman–Crippen LogP) is -0.367. The van der Waals surface area contributed by atoms with Gasteiger partial charge < -0.3 is 24.6 Å². The van der Waals surface area contributed by atoms with Gasteiger partial charge in [-0.3, -0.25) is 4.79 Å². The van der Waals surface area contributed by atoms with Crippen LogP contribution < -0.4 is 5.32 Å². The highest BCUT2D eigenvalue weighted by Crippen LogP contribution is 2.12. The van der Waals surface area contributed by atoms with Gasteiger partial charge in [0.05, 0.1) is 6.61 Å². The number of aliphatic carboxylic acids is 1. The summed E-state index contributed by atoms with van der Waals surface area (Å²) in [7, 11) is 1.60. The Labute approximate surface area is 117 Å². The molecule has 7 nitrogen and oxygen atoms in total. The van der Waals surface area contributed by atoms with Crippen molar-refractivity contribution in [2.24, 2.45) is 0 Å². The van der Waals surface area contributed by atoms with E-state index in [1.165, 1.54) is 4.90 Å². The predicted molar refractivity (Wildman–Crippen MR) is 71.6 cm³/mol. The monoisotopic (exact) mass is 281 g/mol. The van der Waals surface area contributed by atoms with Crippen LogP contribution in [0.5, 0.6) is 0 Å². The Hall–Kier alpha value is -1.86. The highest BCUT2D eigenvalue weighted by atomic mass is 16.5. The molecule has 7 heteroatoms. The van der Waals surface area contributed by atoms with Crippen LogP contribution in [-0.4, -0.2) is 65.8 Å². The van der Waals surface area contributed by atoms with E-state index < -0.39 is 12.0 Å². The van der Waals surface area contributed by atoms with Crippen LogP contribution >= 0.6 is 0 Å². The maximum atomic E-state index is 12.5. The van der Waals surface area contributed by atoms with Gasteiger partial charge in [-0.05, 0) is 12.1 Å². The second-order valence-electron chi connectivity index (χ2n) is 4.64. The number of ether oxygens (including phenoxy) is 1. The molecule has 1 unspecified atom stereocenters. The summed E-state index contributed by atoms with van der Waals surface area (Å²) in [5.74, 6) is -1.24. The molecule has 2 heterocycles. The molecular weight excluding hydrogens is 262 g/mol. The molecule has 1 aliphatic heterocycles. The number of amides is 1. The fourth-order valence-electron chi connectivity index (χ4n) is 2.31. The van der Waals surface area contributed by atoms with Gasteiger partial charge >= 0.3 is 5.97 Å². The van der Waals surface area contributed by atoms with Crippen molar-refractivity contribution in [3.8, 4) is 0 Å². The second-order valence-corrected chi connectivity index (χ2v) is 4.64. The Balaban J connectivity index is 2.17. The van der Waals surface area contributed by atoms with Gasteiger partial charge in [0, 0.05) is 39.5 Å². The number of carbonyl (C=O) groups is 2. The molecular formula is C13H19N3O4. The van der Waals surface area contributed by atoms with Crippen molar-refractivity contribution in [3.63, 3.8) is 0 Å². The van der Waals surface area contributed by atoms with Crippen molar-refractivity contribution in [2.45, 2.75) is 12.6 Å². The zero-order chi connectivity index (χ0) is 14.5. The van der Waals surface area contributed by atoms with Crippen LogP contribution in [0.1, 0.15) is 10.5 Å². The number of piperazine rings is 1. The Morgan fingerprint density at radius 3 is 3.05 bits per heavy atom. The number of carboxylic acid groups (broad SMARTS) is 1. The molecule has 1 aromatic rings. The minimum Gasteiger partial charge on any atom is -0.480 e. The fraction of sp³-hybridized carbons (Fsp3) is 0.538. The van der Waals surface area contributed by atoms with Crippen LogP contribution in [-0.2, 0) is 16.1 Å². The minimum atomic E-state index is -0.986. The van der Waals surface area contributed by atoms with E-state index in [-0.39, 0.29) is 12.5 Å². The molecule has 20 heavy (non-hydrogen) atoms. The third-order valence-corrected chi connectivity index (χ3v) is 3.37. The lowest BCUT2D eigenvalue weighted by atomic mass is 10.1. The fourth-order valence-corrected chi connectivity index (χ4v) is 2.31. The van der Waals surface area contributed by atoms with Crippen molar-refractivity contribution in [2.75, 3.05) is 33.4 Å². The number of nitrogens with one attached hydrogen (secondary N) is 1. The first-order valence-electron chi connectivity index (χ1n) is 6.53. The molecule has 1 amide bonds. The number of carboxylic acids is 1. The summed E-state index contributed by atoms with van der Waals surface area (Å²) in [5.41, 5.74) is 0.496. The number of nitrogens with zero attached hydrogens (tertiary/aromatic N) is 2. The first-order chi connectivity index (χ1) is 9.65. The van der Waals surface area contributed by atoms with Crippen molar-refractivity contribution in [1.29, 1.82) is 0 Å². The standard InChI is InChI=1S/C13H19N3O4/c1-20-8-7-15-5-2-3-10(15)12(17)16-6-4-14-9-11(16)13(18)19/h2-3,5,11,14H,4,6-9H2,1H3,(H,18,19). The minimum absolute atomic E-state index is 0.250. The number of hydrogen-bond donors (Lipinski definition) is 2. The van der Waals surface area contributed by atoms with Gasteiger partial charge in [-0.2, -0.15) is 0 Å². The van der Waals surface area contributed by atoms with E-state index in [4.69, 9.17) is 4.74 Å². The van der Waals surface area contributed by atoms with Crippen LogP contribution in [0.15, 0.2) is 18.3 Å². The molecule has 1 atom stereocenters. The molecule has 1 aliphatic rings. The molecule has 0 aliphatic carbocycles. The van der Waals surface area contributed by atoms with Crippen LogP contribution in [0.4, 0.5) is 0 Å². The van der Waals surface area contributed by atoms with Crippen molar-refractivity contribution < 1.29 is 19.4 Å². The van der Waals surface area contributed by atoms with Crippen molar-refractivity contribution in [1.82, 2.24) is 14.8 Å². The molecule has 0 saturated carbocycles. The highest BCUT2D eigenvalue weighted by molar-refractivity contribution is 5.95. The van der Waals surface area contributed by atoms with Crippen LogP contribution in [0.25, 0.3) is 0 Å². The molecule has 0 bridgehead atoms. The van der Waals surface area contributed by atoms with E-state index in [0.717, 1.165) is 0 Å². The van der Waals surface area contributed by atoms with Gasteiger partial charge in [0.1, 0.15) is 11.7 Å². The first-order valence-corrected chi connectivity index (χ1v) is 6.53. The summed E-state index contributed by atoms with van der Waals surface area (Å²) in [6.07, 6.45) is 1.80. The van der Waals surface area contributed by atoms with Crippen molar-refractivity contribution >= 4 is 11.9 Å². The van der Waals surface area contributed by atoms with E-state index in [0.29, 0.717) is 31.9 Å². The average Bonchev–Trinajstić information content (AvgIpc) is 2.92. The quantitative estimate of drug-likeness (QED) is 0.769. The molecule has 2 rings (SSSR count). The van der Waals surface area contributed by atoms with Crippen molar-refractivity contribution in [3.05, 3.63) is 24.0 Å². The lowest BCUT2D eigenvalue weighted by molar-refractivity contribution is -0.142. The Morgan fingerprint density at radius 2 is 2.35 bits per heavy atom. The topological polar surface area (TPSA) is 83.8 Å². The summed E-state index contributed by atoms with van der Waals surface area (Å²) >= 11 is 0. The lowest BCUT2D eigenvalue weighted by Crippen LogP contribution is -2.57. The number of methoxy groups -OCH3 is 1. The zero-order valence-electron chi connectivity index (χ0n) is 11.4. The molecule has 1 aromatic heterocycles. The summed E-state index contributed by atoms with van der Waals surface area (Å²) in [6.45, 7) is 2.34. The van der Waals surface area contributed by atoms with E-state index in [9.17, 15) is 14.7 Å². The SMILES string of the molecule is COCCn1cccc1C(=O)N1CCNCC1C(=O)O. The summed E-state index contributed by atoms with van der Waals surface area (Å²) < 4.78 is 6.79. The van der Waals surface area contributed by atoms with E-state index in [1.807, 2.05) is 0 Å². The second kappa shape index (κ2) is 6.53. The Kier molecular flexibility index (Phi) is 4.75. The van der Waals surface area contributed by atoms with E-state index in [1.54, 1.807) is 30.0 Å². The molecule has 110 valence electrons. The molecule has 2 N–H and O–H groups in total. The molecule has 0 radical (unpaired) electrons. The third-order valence-electron chi connectivity index (χ3n) is 3.37. The normalized spacial score (nSPS) is 19.1. The third kappa shape index (κ3) is 3.00. The highest BCUT2D eigenvalue weighted by Gasteiger charge is 2.33. The number of aromatic nitrogens is 1. The van der Waals surface area contributed by atoms with Gasteiger partial charge in [0.25, 0.3) is 5.91 Å². The van der Waals surface area contributed by atoms with Crippen LogP contribution in [0, 0.1) is 0 Å². The lowest BCUT2D eigenvalue weighted by Gasteiger charge is -2.33. The smallest absolute Gasteiger partial charge is 0.327 e. The van der Waals surface area contributed by atoms with E-state index in [2.05, 4.69) is 5.32 Å². The van der Waals surface area contributed by atoms with E-state index >= 15 is 0 Å². The zero-order valence-corrected chi connectivity index (χ0v) is 11.4. The number of carbonyl (C=O) groups excluding carboxylic acids is 1. The van der Waals surface area contributed by atoms with Gasteiger partial charge in [-0.15, -0.1) is 0 Å². The molecule has 0 aromatic carbocycles. The Morgan fingerprint density at radius 1 is 1.55 bits per heavy atom. The van der Waals surface area contributed by atoms with Gasteiger partial charge in [-0.25, -0.2) is 4.79 Å². The number of hydrogen-bond acceptors (Lipinski definition) is 4. The Bertz CT molecular complexity index is 486. The summed E-state index contributed by atoms with van der Waals surface area (Å²) in [5, 5.41) is 12.2. The van der Waals surface area contributed by atoms with Gasteiger partial charge in [0.2, 0.25) is 0 Å². The molecule has 0 spiro atoms. The first kappa shape index (κ1) is 14.5. The largest absolute Gasteiger partial charge is 0.480 e. The summed E-state index contributed by atoms with van der Waals surface area (Å²) in [4.78, 5) is 25.2.